The molecule has 0 saturated heterocycles. The molecule has 0 radical (unpaired) electrons. The van der Waals surface area contributed by atoms with Crippen molar-refractivity contribution in [3.8, 4) is 0 Å². The number of nitrogens with one attached hydrogen (secondary N) is 1. The van der Waals surface area contributed by atoms with Crippen molar-refractivity contribution >= 4 is 9.28 Å². The first-order chi connectivity index (χ1) is 4.22. The van der Waals surface area contributed by atoms with Gasteiger partial charge in [0, 0.05) is 19.6 Å². The van der Waals surface area contributed by atoms with Crippen LogP contribution in [0.1, 0.15) is 0 Å². The van der Waals surface area contributed by atoms with Crippen LogP contribution in [0, 0.1) is 10.1 Å². The average Bonchev–Trinajstić information content (AvgIpc) is 1.88. The van der Waals surface area contributed by atoms with Crippen molar-refractivity contribution in [2.75, 3.05) is 14.2 Å². The minimum absolute atomic E-state index is 0.250. The van der Waals surface area contributed by atoms with Crippen LogP contribution in [0.15, 0.2) is 0 Å². The molecule has 0 heterocycles. The topological polar surface area (TPSA) is 72.6 Å². The summed E-state index contributed by atoms with van der Waals surface area (Å²) in [6.07, 6.45) is 0. The predicted octanol–water partition coefficient (Wildman–Crippen LogP) is -1.54. The van der Waals surface area contributed by atoms with Gasteiger partial charge in [0.25, 0.3) is 0 Å². The molecule has 9 heavy (non-hydrogen) atoms. The molecule has 0 rings (SSSR count). The van der Waals surface area contributed by atoms with Crippen molar-refractivity contribution in [2.24, 2.45) is 0 Å². The fourth-order valence-corrected chi connectivity index (χ4v) is 0.289. The summed E-state index contributed by atoms with van der Waals surface area (Å²) < 4.78 is 9.63. The highest BCUT2D eigenvalue weighted by Gasteiger charge is 1.94. The van der Waals surface area contributed by atoms with E-state index in [9.17, 15) is 0 Å². The first kappa shape index (κ1) is 11.3. The van der Waals surface area contributed by atoms with E-state index in [0.717, 1.165) is 0 Å². The summed E-state index contributed by atoms with van der Waals surface area (Å²) in [6.45, 7) is 1.97. The molecule has 0 saturated carbocycles. The molecule has 0 atom stereocenters. The molecular weight excluding hydrogens is 142 g/mol. The van der Waals surface area contributed by atoms with Crippen LogP contribution in [0.5, 0.6) is 0 Å². The fourth-order valence-electron chi connectivity index (χ4n) is 0.0962. The van der Waals surface area contributed by atoms with E-state index < -0.39 is 9.28 Å². The van der Waals surface area contributed by atoms with E-state index >= 15 is 0 Å². The Kier molecular flexibility index (Phi) is 13.2. The Labute approximate surface area is 55.4 Å². The lowest BCUT2D eigenvalue weighted by molar-refractivity contribution is -0.398. The van der Waals surface area contributed by atoms with Gasteiger partial charge in [-0.2, -0.15) is 0 Å². The predicted molar refractivity (Wildman–Crippen MR) is 34.7 cm³/mol. The second-order valence-corrected chi connectivity index (χ2v) is 3.20. The Morgan fingerprint density at radius 3 is 1.67 bits per heavy atom. The minimum Gasteiger partial charge on any atom is -0.400 e. The zero-order chi connectivity index (χ0) is 7.70. The van der Waals surface area contributed by atoms with Crippen LogP contribution in [0.3, 0.4) is 0 Å². The third kappa shape index (κ3) is 18.5. The van der Waals surface area contributed by atoms with E-state index in [-0.39, 0.29) is 5.34 Å². The first-order valence-electron chi connectivity index (χ1n) is 2.27. The largest absolute Gasteiger partial charge is 0.400 e. The molecule has 56 valence electrons. The molecule has 0 spiro atoms. The summed E-state index contributed by atoms with van der Waals surface area (Å²) in [5.74, 6) is 0. The summed E-state index contributed by atoms with van der Waals surface area (Å²) in [6, 6.07) is 0. The van der Waals surface area contributed by atoms with Gasteiger partial charge in [0.2, 0.25) is 0 Å². The van der Waals surface area contributed by atoms with Crippen LogP contribution in [0.4, 0.5) is 0 Å². The molecule has 0 bridgehead atoms. The standard InChI is InChI=1S/C3H10O2Si.HNO2/c1-4-6(3)5-2;2-1-3/h6H,1-3H3;1H. The van der Waals surface area contributed by atoms with Gasteiger partial charge in [-0.05, 0) is 6.55 Å². The zero-order valence-electron chi connectivity index (χ0n) is 5.71. The normalized spacial score (nSPS) is 8.00. The molecule has 0 aliphatic heterocycles. The second kappa shape index (κ2) is 10.5. The maximum Gasteiger partial charge on any atom is 0.317 e. The van der Waals surface area contributed by atoms with Crippen LogP contribution < -0.4 is 5.34 Å². The van der Waals surface area contributed by atoms with E-state index in [1.54, 1.807) is 14.2 Å². The van der Waals surface area contributed by atoms with Crippen LogP contribution in [-0.4, -0.2) is 23.5 Å². The van der Waals surface area contributed by atoms with Crippen molar-refractivity contribution in [2.45, 2.75) is 6.55 Å². The van der Waals surface area contributed by atoms with Crippen LogP contribution in [0.2, 0.25) is 6.55 Å². The van der Waals surface area contributed by atoms with Crippen LogP contribution >= 0.6 is 0 Å². The number of hydrogen-bond donors (Lipinski definition) is 1. The Morgan fingerprint density at radius 2 is 1.67 bits per heavy atom. The Hall–Kier alpha value is -0.463. The molecule has 6 heteroatoms. The van der Waals surface area contributed by atoms with Gasteiger partial charge in [0.15, 0.2) is 0 Å². The van der Waals surface area contributed by atoms with E-state index in [1.807, 2.05) is 6.55 Å². The monoisotopic (exact) mass is 153 g/mol. The van der Waals surface area contributed by atoms with Gasteiger partial charge in [-0.3, -0.25) is 10.1 Å². The number of rotatable bonds is 2. The molecule has 0 amide bonds. The summed E-state index contributed by atoms with van der Waals surface area (Å²) in [5.41, 5.74) is 0. The maximum absolute atomic E-state index is 8.12. The summed E-state index contributed by atoms with van der Waals surface area (Å²) in [7, 11) is 2.17. The van der Waals surface area contributed by atoms with Gasteiger partial charge >= 0.3 is 9.28 Å². The quantitative estimate of drug-likeness (QED) is 0.296. The number of hydrogen-bond acceptors (Lipinski definition) is 4. The lowest BCUT2D eigenvalue weighted by Gasteiger charge is -2.00. The Balaban J connectivity index is 0. The highest BCUT2D eigenvalue weighted by atomic mass is 28.3. The van der Waals surface area contributed by atoms with Gasteiger partial charge in [-0.15, -0.1) is 0 Å². The van der Waals surface area contributed by atoms with Gasteiger partial charge in [0.1, 0.15) is 0 Å². The van der Waals surface area contributed by atoms with Crippen LogP contribution in [0.25, 0.3) is 0 Å². The van der Waals surface area contributed by atoms with Crippen molar-refractivity contribution in [3.63, 3.8) is 0 Å². The Morgan fingerprint density at radius 1 is 1.44 bits per heavy atom. The van der Waals surface area contributed by atoms with E-state index in [1.165, 1.54) is 0 Å². The molecule has 0 aliphatic rings. The molecule has 0 aromatic heterocycles. The van der Waals surface area contributed by atoms with Crippen LogP contribution in [-0.2, 0) is 8.85 Å². The molecule has 0 unspecified atom stereocenters. The third-order valence-corrected chi connectivity index (χ3v) is 1.99. The minimum atomic E-state index is -1.16. The molecular formula is C3H11NO4Si. The van der Waals surface area contributed by atoms with E-state index in [0.29, 0.717) is 0 Å². The molecule has 0 aromatic carbocycles. The fraction of sp³-hybridized carbons (Fsp3) is 1.00. The SMILES string of the molecule is CO[SiH](C)OC.O=[NH+][O-]. The zero-order valence-corrected chi connectivity index (χ0v) is 6.87. The molecule has 0 aliphatic carbocycles. The first-order valence-corrected chi connectivity index (χ1v) is 4.37. The van der Waals surface area contributed by atoms with Gasteiger partial charge in [-0.1, -0.05) is 0 Å². The Bertz CT molecular complexity index is 57.8. The smallest absolute Gasteiger partial charge is 0.317 e. The highest BCUT2D eigenvalue weighted by Crippen LogP contribution is 1.77. The summed E-state index contributed by atoms with van der Waals surface area (Å²) in [4.78, 5) is 8.12. The maximum atomic E-state index is 8.12. The second-order valence-electron chi connectivity index (χ2n) is 1.12. The lowest BCUT2D eigenvalue weighted by atomic mass is 11.8. The van der Waals surface area contributed by atoms with Crippen molar-refractivity contribution in [1.29, 1.82) is 0 Å². The van der Waals surface area contributed by atoms with E-state index in [2.05, 4.69) is 0 Å². The van der Waals surface area contributed by atoms with Gasteiger partial charge in [-0.25, -0.2) is 0 Å². The van der Waals surface area contributed by atoms with Gasteiger partial charge < -0.3 is 8.85 Å². The van der Waals surface area contributed by atoms with Crippen molar-refractivity contribution < 1.29 is 14.2 Å². The van der Waals surface area contributed by atoms with Gasteiger partial charge in [0.05, 0.1) is 0 Å². The summed E-state index contributed by atoms with van der Waals surface area (Å²) in [5, 5.41) is 8.38. The summed E-state index contributed by atoms with van der Waals surface area (Å²) >= 11 is 0. The highest BCUT2D eigenvalue weighted by molar-refractivity contribution is 6.42. The average molecular weight is 153 g/mol. The molecule has 5 nitrogen and oxygen atoms in total. The molecule has 1 N–H and O–H groups in total. The van der Waals surface area contributed by atoms with Crippen molar-refractivity contribution in [3.05, 3.63) is 10.1 Å². The lowest BCUT2D eigenvalue weighted by Crippen LogP contribution is -2.53. The molecule has 0 aromatic rings. The van der Waals surface area contributed by atoms with E-state index in [4.69, 9.17) is 19.0 Å². The van der Waals surface area contributed by atoms with Crippen molar-refractivity contribution in [1.82, 2.24) is 0 Å². The molecule has 0 fully saturated rings. The third-order valence-electron chi connectivity index (χ3n) is 0.664.